The molecule has 0 aromatic rings. The van der Waals surface area contributed by atoms with Gasteiger partial charge in [0.2, 0.25) is 0 Å². The van der Waals surface area contributed by atoms with E-state index in [0.717, 1.165) is 0 Å². The summed E-state index contributed by atoms with van der Waals surface area (Å²) in [5.74, 6) is 0. The number of unbranched alkanes of at least 4 members (excludes halogenated alkanes) is 8. The van der Waals surface area contributed by atoms with Gasteiger partial charge in [0.15, 0.2) is 0 Å². The summed E-state index contributed by atoms with van der Waals surface area (Å²) >= 11 is 0. The van der Waals surface area contributed by atoms with E-state index in [-0.39, 0.29) is 0 Å². The zero-order valence-electron chi connectivity index (χ0n) is 14.3. The van der Waals surface area contributed by atoms with Crippen LogP contribution in [0.25, 0.3) is 0 Å². The van der Waals surface area contributed by atoms with Gasteiger partial charge in [-0.2, -0.15) is 0 Å². The number of hydrogen-bond donors (Lipinski definition) is 4. The van der Waals surface area contributed by atoms with Crippen LogP contribution in [-0.2, 0) is 4.57 Å². The van der Waals surface area contributed by atoms with E-state index in [0.29, 0.717) is 5.54 Å². The zero-order chi connectivity index (χ0) is 16.8. The smallest absolute Gasteiger partial charge is 0.315 e. The van der Waals surface area contributed by atoms with Crippen molar-refractivity contribution in [3.8, 4) is 0 Å². The highest BCUT2D eigenvalue weighted by molar-refractivity contribution is 7.45. The lowest BCUT2D eigenvalue weighted by atomic mass is 9.96. The van der Waals surface area contributed by atoms with Crippen molar-refractivity contribution in [1.29, 1.82) is 0 Å². The molecule has 4 N–H and O–H groups in total. The highest BCUT2D eigenvalue weighted by Crippen LogP contribution is 2.25. The van der Waals surface area contributed by atoms with Crippen LogP contribution in [0.2, 0.25) is 0 Å². The van der Waals surface area contributed by atoms with Crippen LogP contribution >= 0.6 is 7.82 Å². The Hall–Kier alpha value is 0.0700. The summed E-state index contributed by atoms with van der Waals surface area (Å²) in [4.78, 5) is 21.6. The molecule has 0 aromatic carbocycles. The van der Waals surface area contributed by atoms with E-state index in [2.05, 4.69) is 33.1 Å². The molecule has 0 radical (unpaired) electrons. The van der Waals surface area contributed by atoms with Crippen LogP contribution in [0.1, 0.15) is 85.0 Å². The second-order valence-electron chi connectivity index (χ2n) is 6.23. The van der Waals surface area contributed by atoms with E-state index < -0.39 is 7.82 Å². The third kappa shape index (κ3) is 28.9. The van der Waals surface area contributed by atoms with Crippen LogP contribution in [0.5, 0.6) is 0 Å². The van der Waals surface area contributed by atoms with Crippen LogP contribution in [0.4, 0.5) is 0 Å². The molecule has 5 nitrogen and oxygen atoms in total. The van der Waals surface area contributed by atoms with Gasteiger partial charge < -0.3 is 20.0 Å². The molecule has 130 valence electrons. The number of rotatable bonds is 11. The minimum absolute atomic E-state index is 0.334. The predicted octanol–water partition coefficient (Wildman–Crippen LogP) is 3.98. The second-order valence-corrected chi connectivity index (χ2v) is 7.25. The standard InChI is InChI=1S/C15H33N.H3O4P/c1-5-6-7-8-9-10-11-12-13-14-15(2,3)16-4;1-5(2,3)4/h16H,5-14H2,1-4H3;(H3,1,2,3,4). The van der Waals surface area contributed by atoms with Gasteiger partial charge in [0.05, 0.1) is 0 Å². The lowest BCUT2D eigenvalue weighted by molar-refractivity contribution is 0.275. The Kier molecular flexibility index (Phi) is 15.2. The minimum atomic E-state index is -4.64. The van der Waals surface area contributed by atoms with E-state index in [1.165, 1.54) is 64.2 Å². The molecule has 0 saturated carbocycles. The molecule has 0 aliphatic rings. The maximum atomic E-state index is 8.88. The van der Waals surface area contributed by atoms with Crippen LogP contribution in [-0.4, -0.2) is 27.3 Å². The molecule has 0 saturated heterocycles. The highest BCUT2D eigenvalue weighted by atomic mass is 31.2. The van der Waals surface area contributed by atoms with Gasteiger partial charge in [0.25, 0.3) is 0 Å². The minimum Gasteiger partial charge on any atom is -0.315 e. The van der Waals surface area contributed by atoms with E-state index in [1.54, 1.807) is 0 Å². The third-order valence-corrected chi connectivity index (χ3v) is 3.58. The summed E-state index contributed by atoms with van der Waals surface area (Å²) in [5, 5.41) is 3.37. The SMILES string of the molecule is CCCCCCCCCCCC(C)(C)NC.O=P(O)(O)O. The molecule has 0 spiro atoms. The average Bonchev–Trinajstić information content (AvgIpc) is 2.35. The second kappa shape index (κ2) is 13.7. The van der Waals surface area contributed by atoms with E-state index in [1.807, 2.05) is 0 Å². The first-order chi connectivity index (χ1) is 9.62. The van der Waals surface area contributed by atoms with Gasteiger partial charge in [-0.3, -0.25) is 0 Å². The first-order valence-electron chi connectivity index (χ1n) is 8.09. The zero-order valence-corrected chi connectivity index (χ0v) is 15.2. The van der Waals surface area contributed by atoms with Crippen LogP contribution in [0.15, 0.2) is 0 Å². The summed E-state index contributed by atoms with van der Waals surface area (Å²) < 4.78 is 8.88. The topological polar surface area (TPSA) is 89.8 Å². The molecule has 0 amide bonds. The van der Waals surface area contributed by atoms with Crippen molar-refractivity contribution in [1.82, 2.24) is 5.32 Å². The summed E-state index contributed by atoms with van der Waals surface area (Å²) in [5.41, 5.74) is 0.334. The number of nitrogens with one attached hydrogen (secondary N) is 1. The Morgan fingerprint density at radius 2 is 1.19 bits per heavy atom. The molecular weight excluding hydrogens is 289 g/mol. The van der Waals surface area contributed by atoms with Crippen molar-refractivity contribution >= 4 is 7.82 Å². The fraction of sp³-hybridized carbons (Fsp3) is 1.00. The highest BCUT2D eigenvalue weighted by Gasteiger charge is 2.12. The van der Waals surface area contributed by atoms with Gasteiger partial charge >= 0.3 is 7.82 Å². The number of hydrogen-bond acceptors (Lipinski definition) is 2. The van der Waals surface area contributed by atoms with Crippen molar-refractivity contribution < 1.29 is 19.2 Å². The molecule has 0 atom stereocenters. The van der Waals surface area contributed by atoms with Gasteiger partial charge in [-0.25, -0.2) is 4.57 Å². The third-order valence-electron chi connectivity index (χ3n) is 3.58. The van der Waals surface area contributed by atoms with Crippen molar-refractivity contribution in [2.24, 2.45) is 0 Å². The Balaban J connectivity index is 0. The molecule has 0 aromatic heterocycles. The maximum Gasteiger partial charge on any atom is 0.466 e. The van der Waals surface area contributed by atoms with Gasteiger partial charge in [0.1, 0.15) is 0 Å². The molecule has 0 fully saturated rings. The van der Waals surface area contributed by atoms with Crippen LogP contribution in [0.3, 0.4) is 0 Å². The quantitative estimate of drug-likeness (QED) is 0.341. The van der Waals surface area contributed by atoms with Gasteiger partial charge in [-0.1, -0.05) is 64.7 Å². The Labute approximate surface area is 130 Å². The monoisotopic (exact) mass is 325 g/mol. The van der Waals surface area contributed by atoms with Crippen molar-refractivity contribution in [3.63, 3.8) is 0 Å². The lowest BCUT2D eigenvalue weighted by Gasteiger charge is -2.23. The average molecular weight is 325 g/mol. The van der Waals surface area contributed by atoms with Gasteiger partial charge in [-0.05, 0) is 27.3 Å². The fourth-order valence-corrected chi connectivity index (χ4v) is 2.00. The summed E-state index contributed by atoms with van der Waals surface area (Å²) in [7, 11) is -2.58. The summed E-state index contributed by atoms with van der Waals surface area (Å²) in [6, 6.07) is 0. The first kappa shape index (κ1) is 23.3. The van der Waals surface area contributed by atoms with Crippen molar-refractivity contribution in [2.75, 3.05) is 7.05 Å². The summed E-state index contributed by atoms with van der Waals surface area (Å²) in [6.45, 7) is 6.86. The molecule has 0 heterocycles. The normalized spacial score (nSPS) is 12.0. The van der Waals surface area contributed by atoms with E-state index >= 15 is 0 Å². The molecule has 21 heavy (non-hydrogen) atoms. The molecular formula is C15H36NO4P. The van der Waals surface area contributed by atoms with Crippen molar-refractivity contribution in [2.45, 2.75) is 90.5 Å². The van der Waals surface area contributed by atoms with Crippen LogP contribution in [0, 0.1) is 0 Å². The van der Waals surface area contributed by atoms with Crippen molar-refractivity contribution in [3.05, 3.63) is 0 Å². The molecule has 0 rings (SSSR count). The van der Waals surface area contributed by atoms with Gasteiger partial charge in [-0.15, -0.1) is 0 Å². The predicted molar refractivity (Wildman–Crippen MR) is 89.2 cm³/mol. The molecule has 6 heteroatoms. The van der Waals surface area contributed by atoms with Crippen LogP contribution < -0.4 is 5.32 Å². The molecule has 0 aliphatic heterocycles. The fourth-order valence-electron chi connectivity index (χ4n) is 2.00. The van der Waals surface area contributed by atoms with Gasteiger partial charge in [0, 0.05) is 5.54 Å². The van der Waals surface area contributed by atoms with E-state index in [4.69, 9.17) is 19.2 Å². The molecule has 0 aliphatic carbocycles. The number of phosphoric acid groups is 1. The molecule has 0 unspecified atom stereocenters. The largest absolute Gasteiger partial charge is 0.466 e. The Bertz CT molecular complexity index is 258. The first-order valence-corrected chi connectivity index (χ1v) is 9.66. The Morgan fingerprint density at radius 1 is 0.857 bits per heavy atom. The Morgan fingerprint density at radius 3 is 1.52 bits per heavy atom. The van der Waals surface area contributed by atoms with E-state index in [9.17, 15) is 0 Å². The maximum absolute atomic E-state index is 8.88. The lowest BCUT2D eigenvalue weighted by Crippen LogP contribution is -2.35. The summed E-state index contributed by atoms with van der Waals surface area (Å²) in [6.07, 6.45) is 14.1. The molecule has 0 bridgehead atoms.